The summed E-state index contributed by atoms with van der Waals surface area (Å²) in [5, 5.41) is 9.06. The molecule has 1 aliphatic rings. The second-order valence-corrected chi connectivity index (χ2v) is 5.76. The number of nitrogens with one attached hydrogen (secondary N) is 3. The van der Waals surface area contributed by atoms with Gasteiger partial charge in [-0.25, -0.2) is 0 Å². The number of anilines is 1. The molecule has 1 saturated carbocycles. The van der Waals surface area contributed by atoms with Crippen LogP contribution in [-0.2, 0) is 0 Å². The maximum atomic E-state index is 11.1. The predicted octanol–water partition coefficient (Wildman–Crippen LogP) is 3.36. The number of aromatic amines is 2. The lowest BCUT2D eigenvalue weighted by molar-refractivity contribution is 0.349. The second kappa shape index (κ2) is 5.57. The summed E-state index contributed by atoms with van der Waals surface area (Å²) in [7, 11) is 0. The molecule has 0 aliphatic heterocycles. The normalized spacial score (nSPS) is 22.6. The van der Waals surface area contributed by atoms with Gasteiger partial charge in [-0.3, -0.25) is 15.0 Å². The summed E-state index contributed by atoms with van der Waals surface area (Å²) in [5.74, 6) is 0.740. The van der Waals surface area contributed by atoms with Gasteiger partial charge in [0.05, 0.1) is 5.69 Å². The molecular formula is C16H21N3O. The van der Waals surface area contributed by atoms with Gasteiger partial charge in [-0.1, -0.05) is 31.9 Å². The van der Waals surface area contributed by atoms with Gasteiger partial charge in [-0.2, -0.15) is 0 Å². The van der Waals surface area contributed by atoms with Crippen LogP contribution in [0, 0.1) is 5.92 Å². The van der Waals surface area contributed by atoms with Gasteiger partial charge >= 0.3 is 0 Å². The van der Waals surface area contributed by atoms with Crippen LogP contribution in [0.15, 0.2) is 35.1 Å². The third kappa shape index (κ3) is 2.79. The zero-order valence-electron chi connectivity index (χ0n) is 11.8. The highest BCUT2D eigenvalue weighted by molar-refractivity contribution is 5.62. The molecule has 2 aromatic rings. The molecule has 2 unspecified atom stereocenters. The second-order valence-electron chi connectivity index (χ2n) is 5.76. The van der Waals surface area contributed by atoms with E-state index in [0.29, 0.717) is 6.04 Å². The van der Waals surface area contributed by atoms with Crippen molar-refractivity contribution in [1.82, 2.24) is 10.2 Å². The topological polar surface area (TPSA) is 60.7 Å². The van der Waals surface area contributed by atoms with Gasteiger partial charge in [0.15, 0.2) is 0 Å². The Balaban J connectivity index is 1.71. The molecule has 4 nitrogen and oxygen atoms in total. The summed E-state index contributed by atoms with van der Waals surface area (Å²) in [5.41, 5.74) is 2.90. The van der Waals surface area contributed by atoms with E-state index in [-0.39, 0.29) is 5.56 Å². The molecule has 1 heterocycles. The maximum Gasteiger partial charge on any atom is 0.264 e. The highest BCUT2D eigenvalue weighted by Crippen LogP contribution is 2.27. The van der Waals surface area contributed by atoms with E-state index in [2.05, 4.69) is 34.6 Å². The van der Waals surface area contributed by atoms with Gasteiger partial charge in [0.25, 0.3) is 5.56 Å². The van der Waals surface area contributed by atoms with Crippen molar-refractivity contribution < 1.29 is 0 Å². The van der Waals surface area contributed by atoms with Crippen molar-refractivity contribution in [1.29, 1.82) is 0 Å². The summed E-state index contributed by atoms with van der Waals surface area (Å²) in [6.45, 7) is 2.33. The van der Waals surface area contributed by atoms with Crippen LogP contribution < -0.4 is 10.9 Å². The van der Waals surface area contributed by atoms with Crippen LogP contribution in [0.25, 0.3) is 11.3 Å². The molecule has 1 aliphatic carbocycles. The Morgan fingerprint density at radius 1 is 1.10 bits per heavy atom. The fraction of sp³-hybridized carbons (Fsp3) is 0.438. The molecule has 2 atom stereocenters. The highest BCUT2D eigenvalue weighted by Gasteiger charge is 2.20. The van der Waals surface area contributed by atoms with E-state index < -0.39 is 0 Å². The molecule has 0 saturated heterocycles. The van der Waals surface area contributed by atoms with Crippen LogP contribution in [-0.4, -0.2) is 16.2 Å². The first-order valence-electron chi connectivity index (χ1n) is 7.37. The lowest BCUT2D eigenvalue weighted by Gasteiger charge is -2.30. The Morgan fingerprint density at radius 2 is 1.85 bits per heavy atom. The zero-order chi connectivity index (χ0) is 13.9. The van der Waals surface area contributed by atoms with E-state index in [0.717, 1.165) is 22.9 Å². The monoisotopic (exact) mass is 271 g/mol. The summed E-state index contributed by atoms with van der Waals surface area (Å²) in [4.78, 5) is 11.1. The summed E-state index contributed by atoms with van der Waals surface area (Å²) in [6.07, 6.45) is 5.26. The Bertz CT molecular complexity index is 611. The Kier molecular flexibility index (Phi) is 3.63. The van der Waals surface area contributed by atoms with Gasteiger partial charge in [0, 0.05) is 17.8 Å². The van der Waals surface area contributed by atoms with E-state index in [1.807, 2.05) is 12.1 Å². The lowest BCUT2D eigenvalue weighted by Crippen LogP contribution is -2.30. The van der Waals surface area contributed by atoms with Crippen molar-refractivity contribution in [2.24, 2.45) is 5.92 Å². The van der Waals surface area contributed by atoms with E-state index >= 15 is 0 Å². The first-order valence-corrected chi connectivity index (χ1v) is 7.37. The van der Waals surface area contributed by atoms with E-state index in [4.69, 9.17) is 0 Å². The molecule has 3 N–H and O–H groups in total. The van der Waals surface area contributed by atoms with E-state index in [9.17, 15) is 4.79 Å². The average molecular weight is 271 g/mol. The minimum Gasteiger partial charge on any atom is -0.382 e. The van der Waals surface area contributed by atoms with Crippen LogP contribution in [0.3, 0.4) is 0 Å². The quantitative estimate of drug-likeness (QED) is 0.801. The van der Waals surface area contributed by atoms with Crippen molar-refractivity contribution in [3.8, 4) is 11.3 Å². The third-order valence-electron chi connectivity index (χ3n) is 4.26. The van der Waals surface area contributed by atoms with Gasteiger partial charge in [-0.15, -0.1) is 0 Å². The van der Waals surface area contributed by atoms with Crippen LogP contribution in [0.2, 0.25) is 0 Å². The lowest BCUT2D eigenvalue weighted by atomic mass is 9.86. The molecule has 106 valence electrons. The molecule has 4 heteroatoms. The molecule has 1 aromatic heterocycles. The van der Waals surface area contributed by atoms with Crippen LogP contribution in [0.4, 0.5) is 5.69 Å². The van der Waals surface area contributed by atoms with Crippen LogP contribution >= 0.6 is 0 Å². The van der Waals surface area contributed by atoms with Crippen molar-refractivity contribution in [3.05, 3.63) is 40.7 Å². The predicted molar refractivity (Wildman–Crippen MR) is 81.9 cm³/mol. The number of aromatic nitrogens is 2. The van der Waals surface area contributed by atoms with Gasteiger partial charge in [0.1, 0.15) is 0 Å². The fourth-order valence-corrected chi connectivity index (χ4v) is 2.98. The highest BCUT2D eigenvalue weighted by atomic mass is 16.1. The minimum absolute atomic E-state index is 0.0989. The average Bonchev–Trinajstić information content (AvgIpc) is 2.89. The Hall–Kier alpha value is -1.97. The number of rotatable bonds is 3. The smallest absolute Gasteiger partial charge is 0.264 e. The largest absolute Gasteiger partial charge is 0.382 e. The molecule has 1 fully saturated rings. The molecule has 0 bridgehead atoms. The van der Waals surface area contributed by atoms with Gasteiger partial charge in [-0.05, 0) is 36.5 Å². The first-order chi connectivity index (χ1) is 9.72. The number of H-pyrrole nitrogens is 2. The first kappa shape index (κ1) is 13.0. The van der Waals surface area contributed by atoms with Gasteiger partial charge < -0.3 is 5.32 Å². The van der Waals surface area contributed by atoms with E-state index in [1.165, 1.54) is 25.7 Å². The molecule has 3 rings (SSSR count). The van der Waals surface area contributed by atoms with Crippen molar-refractivity contribution in [2.45, 2.75) is 38.6 Å². The van der Waals surface area contributed by atoms with Crippen molar-refractivity contribution in [2.75, 3.05) is 5.32 Å². The van der Waals surface area contributed by atoms with Crippen LogP contribution in [0.1, 0.15) is 32.6 Å². The van der Waals surface area contributed by atoms with Gasteiger partial charge in [0.2, 0.25) is 0 Å². The zero-order valence-corrected chi connectivity index (χ0v) is 11.8. The third-order valence-corrected chi connectivity index (χ3v) is 4.26. The molecule has 1 aromatic carbocycles. The maximum absolute atomic E-state index is 11.1. The van der Waals surface area contributed by atoms with Crippen LogP contribution in [0.5, 0.6) is 0 Å². The minimum atomic E-state index is -0.0989. The fourth-order valence-electron chi connectivity index (χ4n) is 2.98. The number of hydrogen-bond donors (Lipinski definition) is 3. The standard InChI is InChI=1S/C16H21N3O/c1-11-4-2-3-5-14(11)17-13-8-6-12(7-9-13)15-10-16(20)19-18-15/h6-11,14,17H,2-5H2,1H3,(H2,18,19,20). The molecular weight excluding hydrogens is 250 g/mol. The summed E-state index contributed by atoms with van der Waals surface area (Å²) < 4.78 is 0. The summed E-state index contributed by atoms with van der Waals surface area (Å²) >= 11 is 0. The molecule has 0 spiro atoms. The van der Waals surface area contributed by atoms with Crippen molar-refractivity contribution in [3.63, 3.8) is 0 Å². The Morgan fingerprint density at radius 3 is 2.50 bits per heavy atom. The molecule has 0 radical (unpaired) electrons. The van der Waals surface area contributed by atoms with Crippen molar-refractivity contribution >= 4 is 5.69 Å². The van der Waals surface area contributed by atoms with E-state index in [1.54, 1.807) is 6.07 Å². The molecule has 20 heavy (non-hydrogen) atoms. The number of hydrogen-bond acceptors (Lipinski definition) is 2. The SMILES string of the molecule is CC1CCCCC1Nc1ccc(-c2cc(=O)[nH][nH]2)cc1. The summed E-state index contributed by atoms with van der Waals surface area (Å²) in [6, 6.07) is 10.4. The number of benzene rings is 1. The molecule has 0 amide bonds. The Labute approximate surface area is 118 Å².